The molecule has 1 unspecified atom stereocenters. The molecule has 1 aromatic carbocycles. The second-order valence-corrected chi connectivity index (χ2v) is 5.97. The van der Waals surface area contributed by atoms with E-state index in [4.69, 9.17) is 4.74 Å². The predicted octanol–water partition coefficient (Wildman–Crippen LogP) is 3.08. The van der Waals surface area contributed by atoms with Crippen LogP contribution in [0.5, 0.6) is 5.75 Å². The Balaban J connectivity index is 1.88. The van der Waals surface area contributed by atoms with Crippen LogP contribution in [0.15, 0.2) is 42.7 Å². The fourth-order valence-electron chi connectivity index (χ4n) is 2.56. The SMILES string of the molecule is CCN1C(=O)CSC1c1ccn(-c2cccc(OC)c2)c1. The number of thioether (sulfide) groups is 1. The fourth-order valence-corrected chi connectivity index (χ4v) is 3.81. The molecule has 2 heterocycles. The minimum absolute atomic E-state index is 0.134. The maximum Gasteiger partial charge on any atom is 0.233 e. The molecular formula is C16H18N2O2S. The Morgan fingerprint density at radius 1 is 1.38 bits per heavy atom. The van der Waals surface area contributed by atoms with E-state index in [0.717, 1.165) is 23.5 Å². The Hall–Kier alpha value is -1.88. The molecule has 0 spiro atoms. The highest BCUT2D eigenvalue weighted by Gasteiger charge is 2.31. The molecule has 3 rings (SSSR count). The number of rotatable bonds is 4. The molecule has 0 radical (unpaired) electrons. The van der Waals surface area contributed by atoms with Crippen molar-refractivity contribution >= 4 is 17.7 Å². The van der Waals surface area contributed by atoms with E-state index in [-0.39, 0.29) is 11.3 Å². The number of ether oxygens (including phenoxy) is 1. The number of aromatic nitrogens is 1. The Bertz CT molecular complexity index is 653. The lowest BCUT2D eigenvalue weighted by molar-refractivity contribution is -0.127. The van der Waals surface area contributed by atoms with Gasteiger partial charge in [0.05, 0.1) is 12.9 Å². The molecule has 1 aliphatic heterocycles. The summed E-state index contributed by atoms with van der Waals surface area (Å²) in [6.45, 7) is 2.77. The molecule has 4 nitrogen and oxygen atoms in total. The molecule has 1 fully saturated rings. The molecule has 1 amide bonds. The Labute approximate surface area is 128 Å². The van der Waals surface area contributed by atoms with Crippen LogP contribution in [0.4, 0.5) is 0 Å². The third-order valence-corrected chi connectivity index (χ3v) is 4.92. The summed E-state index contributed by atoms with van der Waals surface area (Å²) in [5, 5.41) is 0.134. The minimum atomic E-state index is 0.134. The number of carbonyl (C=O) groups excluding carboxylic acids is 1. The number of hydrogen-bond donors (Lipinski definition) is 0. The van der Waals surface area contributed by atoms with Gasteiger partial charge in [0.2, 0.25) is 5.91 Å². The van der Waals surface area contributed by atoms with Gasteiger partial charge in [0, 0.05) is 36.3 Å². The summed E-state index contributed by atoms with van der Waals surface area (Å²) < 4.78 is 7.33. The van der Waals surface area contributed by atoms with Crippen LogP contribution in [0.25, 0.3) is 5.69 Å². The summed E-state index contributed by atoms with van der Waals surface area (Å²) >= 11 is 1.69. The number of carbonyl (C=O) groups is 1. The first-order valence-electron chi connectivity index (χ1n) is 6.96. The molecule has 1 aromatic heterocycles. The van der Waals surface area contributed by atoms with Crippen molar-refractivity contribution in [3.8, 4) is 11.4 Å². The van der Waals surface area contributed by atoms with E-state index in [2.05, 4.69) is 16.8 Å². The average molecular weight is 302 g/mol. The van der Waals surface area contributed by atoms with Crippen molar-refractivity contribution in [2.45, 2.75) is 12.3 Å². The van der Waals surface area contributed by atoms with Gasteiger partial charge in [-0.2, -0.15) is 0 Å². The number of amides is 1. The third-order valence-electron chi connectivity index (χ3n) is 3.66. The number of hydrogen-bond acceptors (Lipinski definition) is 3. The van der Waals surface area contributed by atoms with Crippen LogP contribution in [0.1, 0.15) is 17.9 Å². The Morgan fingerprint density at radius 2 is 2.24 bits per heavy atom. The van der Waals surface area contributed by atoms with Crippen molar-refractivity contribution in [3.05, 3.63) is 48.3 Å². The van der Waals surface area contributed by atoms with Crippen molar-refractivity contribution in [1.82, 2.24) is 9.47 Å². The Kier molecular flexibility index (Phi) is 3.92. The van der Waals surface area contributed by atoms with Crippen LogP contribution < -0.4 is 4.74 Å². The summed E-state index contributed by atoms with van der Waals surface area (Å²) in [6.07, 6.45) is 4.12. The van der Waals surface area contributed by atoms with Gasteiger partial charge in [-0.3, -0.25) is 4.79 Å². The van der Waals surface area contributed by atoms with Gasteiger partial charge < -0.3 is 14.2 Å². The van der Waals surface area contributed by atoms with Gasteiger partial charge >= 0.3 is 0 Å². The topological polar surface area (TPSA) is 34.5 Å². The highest BCUT2D eigenvalue weighted by atomic mass is 32.2. The second-order valence-electron chi connectivity index (χ2n) is 4.90. The molecule has 21 heavy (non-hydrogen) atoms. The van der Waals surface area contributed by atoms with Crippen LogP contribution in [0.2, 0.25) is 0 Å². The van der Waals surface area contributed by atoms with E-state index in [1.54, 1.807) is 18.9 Å². The molecule has 0 saturated carbocycles. The minimum Gasteiger partial charge on any atom is -0.497 e. The van der Waals surface area contributed by atoms with Gasteiger partial charge in [-0.1, -0.05) is 6.07 Å². The normalized spacial score (nSPS) is 18.3. The quantitative estimate of drug-likeness (QED) is 0.870. The lowest BCUT2D eigenvalue weighted by Crippen LogP contribution is -2.27. The zero-order chi connectivity index (χ0) is 14.8. The second kappa shape index (κ2) is 5.85. The molecule has 5 heteroatoms. The lowest BCUT2D eigenvalue weighted by atomic mass is 10.3. The molecule has 2 aromatic rings. The van der Waals surface area contributed by atoms with Crippen molar-refractivity contribution in [2.75, 3.05) is 19.4 Å². The zero-order valence-corrected chi connectivity index (χ0v) is 13.0. The monoisotopic (exact) mass is 302 g/mol. The maximum absolute atomic E-state index is 11.8. The third kappa shape index (κ3) is 2.65. The smallest absolute Gasteiger partial charge is 0.233 e. The first-order chi connectivity index (χ1) is 10.2. The van der Waals surface area contributed by atoms with Gasteiger partial charge in [-0.05, 0) is 25.1 Å². The van der Waals surface area contributed by atoms with Gasteiger partial charge in [0.15, 0.2) is 0 Å². The van der Waals surface area contributed by atoms with Crippen molar-refractivity contribution < 1.29 is 9.53 Å². The number of nitrogens with zero attached hydrogens (tertiary/aromatic N) is 2. The van der Waals surface area contributed by atoms with E-state index >= 15 is 0 Å². The number of methoxy groups -OCH3 is 1. The molecule has 0 N–H and O–H groups in total. The van der Waals surface area contributed by atoms with Gasteiger partial charge in [0.1, 0.15) is 11.1 Å². The van der Waals surface area contributed by atoms with Crippen LogP contribution in [0, 0.1) is 0 Å². The molecule has 1 atom stereocenters. The molecule has 110 valence electrons. The van der Waals surface area contributed by atoms with Gasteiger partial charge in [0.25, 0.3) is 0 Å². The molecule has 1 saturated heterocycles. The summed E-state index contributed by atoms with van der Waals surface area (Å²) in [4.78, 5) is 13.8. The first kappa shape index (κ1) is 14.1. The van der Waals surface area contributed by atoms with Crippen LogP contribution in [-0.2, 0) is 4.79 Å². The van der Waals surface area contributed by atoms with E-state index < -0.39 is 0 Å². The van der Waals surface area contributed by atoms with Crippen LogP contribution >= 0.6 is 11.8 Å². The van der Waals surface area contributed by atoms with E-state index in [1.807, 2.05) is 42.3 Å². The highest BCUT2D eigenvalue weighted by Crippen LogP contribution is 2.38. The van der Waals surface area contributed by atoms with Crippen molar-refractivity contribution in [1.29, 1.82) is 0 Å². The predicted molar refractivity (Wildman–Crippen MR) is 84.9 cm³/mol. The van der Waals surface area contributed by atoms with Gasteiger partial charge in [-0.25, -0.2) is 0 Å². The first-order valence-corrected chi connectivity index (χ1v) is 8.01. The molecule has 1 aliphatic rings. The molecule has 0 aliphatic carbocycles. The van der Waals surface area contributed by atoms with E-state index in [0.29, 0.717) is 5.75 Å². The van der Waals surface area contributed by atoms with Crippen molar-refractivity contribution in [3.63, 3.8) is 0 Å². The van der Waals surface area contributed by atoms with Gasteiger partial charge in [-0.15, -0.1) is 11.8 Å². The molecule has 0 bridgehead atoms. The number of benzene rings is 1. The summed E-state index contributed by atoms with van der Waals surface area (Å²) in [6, 6.07) is 10.0. The standard InChI is InChI=1S/C16H18N2O2S/c1-3-18-15(19)11-21-16(18)12-7-8-17(10-12)13-5-4-6-14(9-13)20-2/h4-10,16H,3,11H2,1-2H3. The van der Waals surface area contributed by atoms with E-state index in [1.165, 1.54) is 0 Å². The Morgan fingerprint density at radius 3 is 3.00 bits per heavy atom. The fraction of sp³-hybridized carbons (Fsp3) is 0.312. The van der Waals surface area contributed by atoms with Crippen LogP contribution in [-0.4, -0.2) is 34.8 Å². The zero-order valence-electron chi connectivity index (χ0n) is 12.2. The highest BCUT2D eigenvalue weighted by molar-refractivity contribution is 8.00. The van der Waals surface area contributed by atoms with E-state index in [9.17, 15) is 4.79 Å². The lowest BCUT2D eigenvalue weighted by Gasteiger charge is -2.21. The largest absolute Gasteiger partial charge is 0.497 e. The van der Waals surface area contributed by atoms with Crippen molar-refractivity contribution in [2.24, 2.45) is 0 Å². The summed E-state index contributed by atoms with van der Waals surface area (Å²) in [5.41, 5.74) is 2.22. The molecular weight excluding hydrogens is 284 g/mol. The van der Waals surface area contributed by atoms with Crippen LogP contribution in [0.3, 0.4) is 0 Å². The average Bonchev–Trinajstić information content (AvgIpc) is 3.13. The summed E-state index contributed by atoms with van der Waals surface area (Å²) in [5.74, 6) is 1.63. The summed E-state index contributed by atoms with van der Waals surface area (Å²) in [7, 11) is 1.67. The maximum atomic E-state index is 11.8.